The number of nitrogens with one attached hydrogen (secondary N) is 3. The average molecular weight is 345 g/mol. The molecule has 0 aromatic carbocycles. The number of H-pyrrole nitrogens is 1. The second-order valence-corrected chi connectivity index (χ2v) is 7.70. The number of hydrogen-bond acceptors (Lipinski definition) is 3. The summed E-state index contributed by atoms with van der Waals surface area (Å²) in [5, 5.41) is 14.7. The minimum atomic E-state index is -0.287. The number of aromatic amines is 1. The van der Waals surface area contributed by atoms with Crippen molar-refractivity contribution in [2.75, 3.05) is 13.1 Å². The quantitative estimate of drug-likeness (QED) is 0.783. The van der Waals surface area contributed by atoms with Crippen molar-refractivity contribution in [3.63, 3.8) is 0 Å². The number of rotatable bonds is 3. The van der Waals surface area contributed by atoms with E-state index in [-0.39, 0.29) is 29.4 Å². The lowest BCUT2D eigenvalue weighted by Gasteiger charge is -2.36. The molecule has 2 unspecified atom stereocenters. The van der Waals surface area contributed by atoms with Gasteiger partial charge in [0.2, 0.25) is 0 Å². The van der Waals surface area contributed by atoms with E-state index in [1.165, 1.54) is 0 Å². The van der Waals surface area contributed by atoms with Gasteiger partial charge in [-0.2, -0.15) is 5.26 Å². The number of likely N-dealkylation sites (tertiary alicyclic amines) is 1. The summed E-state index contributed by atoms with van der Waals surface area (Å²) in [6.45, 7) is 9.08. The third kappa shape index (κ3) is 5.24. The van der Waals surface area contributed by atoms with Gasteiger partial charge in [-0.1, -0.05) is 0 Å². The number of carbonyl (C=O) groups is 2. The number of urea groups is 1. The fraction of sp³-hybridized carbons (Fsp3) is 0.611. The molecule has 1 aromatic heterocycles. The minimum Gasteiger partial charge on any atom is -0.352 e. The molecular formula is C18H27N5O2. The fourth-order valence-electron chi connectivity index (χ4n) is 3.07. The van der Waals surface area contributed by atoms with Crippen molar-refractivity contribution in [3.05, 3.63) is 23.5 Å². The maximum atomic E-state index is 12.6. The highest BCUT2D eigenvalue weighted by Gasteiger charge is 2.29. The number of piperidine rings is 1. The molecule has 2 heterocycles. The molecule has 1 fully saturated rings. The van der Waals surface area contributed by atoms with Crippen molar-refractivity contribution in [1.82, 2.24) is 20.5 Å². The fourth-order valence-corrected chi connectivity index (χ4v) is 3.07. The van der Waals surface area contributed by atoms with Crippen LogP contribution in [0, 0.1) is 17.2 Å². The number of amides is 3. The zero-order chi connectivity index (χ0) is 18.6. The molecule has 7 heteroatoms. The van der Waals surface area contributed by atoms with Gasteiger partial charge in [0.25, 0.3) is 5.91 Å². The summed E-state index contributed by atoms with van der Waals surface area (Å²) >= 11 is 0. The molecule has 2 atom stereocenters. The highest BCUT2D eigenvalue weighted by Crippen LogP contribution is 2.21. The summed E-state index contributed by atoms with van der Waals surface area (Å²) in [7, 11) is 0. The molecule has 25 heavy (non-hydrogen) atoms. The van der Waals surface area contributed by atoms with Crippen LogP contribution in [0.25, 0.3) is 0 Å². The zero-order valence-corrected chi connectivity index (χ0v) is 15.3. The topological polar surface area (TPSA) is 101 Å². The van der Waals surface area contributed by atoms with Crippen LogP contribution in [0.1, 0.15) is 56.6 Å². The largest absolute Gasteiger partial charge is 0.352 e. The van der Waals surface area contributed by atoms with Gasteiger partial charge in [0.15, 0.2) is 0 Å². The Kier molecular flexibility index (Phi) is 5.73. The van der Waals surface area contributed by atoms with E-state index in [0.717, 1.165) is 12.8 Å². The van der Waals surface area contributed by atoms with E-state index in [2.05, 4.69) is 15.6 Å². The van der Waals surface area contributed by atoms with E-state index >= 15 is 0 Å². The Labute approximate surface area is 148 Å². The van der Waals surface area contributed by atoms with E-state index < -0.39 is 0 Å². The summed E-state index contributed by atoms with van der Waals surface area (Å²) in [5.74, 6) is 0.131. The number of nitrogens with zero attached hydrogens (tertiary/aromatic N) is 2. The van der Waals surface area contributed by atoms with Gasteiger partial charge in [0.05, 0.1) is 5.56 Å². The summed E-state index contributed by atoms with van der Waals surface area (Å²) in [4.78, 5) is 29.2. The molecule has 7 nitrogen and oxygen atoms in total. The van der Waals surface area contributed by atoms with Crippen LogP contribution in [0.5, 0.6) is 0 Å². The molecule has 0 bridgehead atoms. The Morgan fingerprint density at radius 1 is 1.44 bits per heavy atom. The molecule has 2 rings (SSSR count). The molecule has 3 N–H and O–H groups in total. The summed E-state index contributed by atoms with van der Waals surface area (Å²) in [5.41, 5.74) is 0.597. The molecule has 1 aromatic rings. The van der Waals surface area contributed by atoms with E-state index in [9.17, 15) is 9.59 Å². The van der Waals surface area contributed by atoms with Gasteiger partial charge < -0.3 is 20.5 Å². The molecule has 1 aliphatic heterocycles. The third-order valence-corrected chi connectivity index (χ3v) is 4.35. The van der Waals surface area contributed by atoms with E-state index in [0.29, 0.717) is 24.3 Å². The number of aromatic nitrogens is 1. The zero-order valence-electron chi connectivity index (χ0n) is 15.3. The first-order valence-electron chi connectivity index (χ1n) is 8.66. The van der Waals surface area contributed by atoms with Crippen molar-refractivity contribution in [1.29, 1.82) is 5.26 Å². The highest BCUT2D eigenvalue weighted by molar-refractivity contribution is 5.94. The second-order valence-electron chi connectivity index (χ2n) is 7.70. The van der Waals surface area contributed by atoms with Gasteiger partial charge in [-0.05, 0) is 52.5 Å². The Morgan fingerprint density at radius 2 is 2.16 bits per heavy atom. The first-order chi connectivity index (χ1) is 11.7. The molecule has 136 valence electrons. The van der Waals surface area contributed by atoms with E-state index in [1.807, 2.05) is 33.8 Å². The monoisotopic (exact) mass is 345 g/mol. The van der Waals surface area contributed by atoms with Gasteiger partial charge in [0.1, 0.15) is 11.8 Å². The van der Waals surface area contributed by atoms with Crippen LogP contribution in [-0.4, -0.2) is 46.5 Å². The summed E-state index contributed by atoms with van der Waals surface area (Å²) in [6.07, 6.45) is 3.44. The number of hydrogen-bond donors (Lipinski definition) is 3. The SMILES string of the molecule is CC(NC(=O)NC(C)(C)C)C1CCCN(C(=O)c2c[nH]c(C#N)c2)C1. The van der Waals surface area contributed by atoms with Gasteiger partial charge in [0, 0.05) is 30.9 Å². The molecule has 0 spiro atoms. The van der Waals surface area contributed by atoms with Gasteiger partial charge >= 0.3 is 6.03 Å². The number of carbonyl (C=O) groups excluding carboxylic acids is 2. The van der Waals surface area contributed by atoms with Gasteiger partial charge in [-0.25, -0.2) is 4.79 Å². The predicted octanol–water partition coefficient (Wildman–Crippen LogP) is 2.22. The van der Waals surface area contributed by atoms with Crippen LogP contribution in [0.3, 0.4) is 0 Å². The highest BCUT2D eigenvalue weighted by atomic mass is 16.2. The van der Waals surface area contributed by atoms with Crippen LogP contribution < -0.4 is 10.6 Å². The van der Waals surface area contributed by atoms with Crippen LogP contribution >= 0.6 is 0 Å². The van der Waals surface area contributed by atoms with Crippen molar-refractivity contribution in [2.45, 2.75) is 52.1 Å². The van der Waals surface area contributed by atoms with Crippen LogP contribution in [0.2, 0.25) is 0 Å². The Hall–Kier alpha value is -2.49. The van der Waals surface area contributed by atoms with Gasteiger partial charge in [-0.15, -0.1) is 0 Å². The third-order valence-electron chi connectivity index (χ3n) is 4.35. The predicted molar refractivity (Wildman–Crippen MR) is 95.0 cm³/mol. The van der Waals surface area contributed by atoms with Crippen molar-refractivity contribution in [2.24, 2.45) is 5.92 Å². The van der Waals surface area contributed by atoms with Crippen LogP contribution in [-0.2, 0) is 0 Å². The van der Waals surface area contributed by atoms with Crippen molar-refractivity contribution < 1.29 is 9.59 Å². The molecule has 1 aliphatic rings. The second kappa shape index (κ2) is 7.60. The van der Waals surface area contributed by atoms with Crippen molar-refractivity contribution in [3.8, 4) is 6.07 Å². The van der Waals surface area contributed by atoms with Crippen LogP contribution in [0.15, 0.2) is 12.3 Å². The summed E-state index contributed by atoms with van der Waals surface area (Å²) in [6, 6.07) is 3.35. The first-order valence-corrected chi connectivity index (χ1v) is 8.66. The standard InChI is InChI=1S/C18H27N5O2/c1-12(21-17(25)22-18(2,3)4)13-6-5-7-23(11-13)16(24)14-8-15(9-19)20-10-14/h8,10,12-13,20H,5-7,11H2,1-4H3,(H2,21,22,25). The molecular weight excluding hydrogens is 318 g/mol. The smallest absolute Gasteiger partial charge is 0.315 e. The molecule has 3 amide bonds. The van der Waals surface area contributed by atoms with Gasteiger partial charge in [-0.3, -0.25) is 4.79 Å². The molecule has 0 radical (unpaired) electrons. The van der Waals surface area contributed by atoms with E-state index in [4.69, 9.17) is 5.26 Å². The molecule has 0 saturated carbocycles. The maximum absolute atomic E-state index is 12.6. The lowest BCUT2D eigenvalue weighted by atomic mass is 9.91. The molecule has 0 aliphatic carbocycles. The number of nitriles is 1. The Bertz CT molecular complexity index is 668. The minimum absolute atomic E-state index is 0.0288. The Balaban J connectivity index is 1.94. The first kappa shape index (κ1) is 18.8. The van der Waals surface area contributed by atoms with E-state index in [1.54, 1.807) is 17.2 Å². The lowest BCUT2D eigenvalue weighted by molar-refractivity contribution is 0.0654. The summed E-state index contributed by atoms with van der Waals surface area (Å²) < 4.78 is 0. The average Bonchev–Trinajstić information content (AvgIpc) is 3.01. The van der Waals surface area contributed by atoms with Crippen LogP contribution in [0.4, 0.5) is 4.79 Å². The maximum Gasteiger partial charge on any atom is 0.315 e. The van der Waals surface area contributed by atoms with Crippen molar-refractivity contribution >= 4 is 11.9 Å². The Morgan fingerprint density at radius 3 is 2.76 bits per heavy atom. The normalized spacial score (nSPS) is 19.0. The lowest BCUT2D eigenvalue weighted by Crippen LogP contribution is -2.53. The molecule has 1 saturated heterocycles.